The molecular weight excluding hydrogens is 572 g/mol. The van der Waals surface area contributed by atoms with Gasteiger partial charge in [-0.15, -0.1) is 0 Å². The van der Waals surface area contributed by atoms with Gasteiger partial charge in [-0.2, -0.15) is 0 Å². The van der Waals surface area contributed by atoms with Gasteiger partial charge in [-0.1, -0.05) is 38.1 Å². The van der Waals surface area contributed by atoms with Crippen LogP contribution < -0.4 is 14.8 Å². The van der Waals surface area contributed by atoms with E-state index in [1.165, 1.54) is 0 Å². The molecule has 2 bridgehead atoms. The van der Waals surface area contributed by atoms with Gasteiger partial charge in [0.1, 0.15) is 23.4 Å². The molecule has 230 valence electrons. The second-order valence-electron chi connectivity index (χ2n) is 12.2. The predicted molar refractivity (Wildman–Crippen MR) is 160 cm³/mol. The molecule has 1 heterocycles. The second kappa shape index (κ2) is 12.1. The summed E-state index contributed by atoms with van der Waals surface area (Å²) in [6.45, 7) is 4.51. The number of fused-ring (bicyclic) bond motifs is 3. The molecule has 0 saturated heterocycles. The molecular formula is C31H38N4O7S. The fourth-order valence-electron chi connectivity index (χ4n) is 6.61. The maximum absolute atomic E-state index is 13.1. The topological polar surface area (TPSA) is 168 Å². The van der Waals surface area contributed by atoms with E-state index in [9.17, 15) is 27.9 Å². The van der Waals surface area contributed by atoms with Crippen molar-refractivity contribution in [3.63, 3.8) is 0 Å². The van der Waals surface area contributed by atoms with Crippen LogP contribution in [0.1, 0.15) is 57.3 Å². The van der Waals surface area contributed by atoms with E-state index < -0.39 is 38.6 Å². The molecule has 2 aromatic carbocycles. The van der Waals surface area contributed by atoms with Gasteiger partial charge in [-0.3, -0.25) is 14.4 Å². The molecule has 2 fully saturated rings. The van der Waals surface area contributed by atoms with Crippen molar-refractivity contribution in [2.24, 2.45) is 16.7 Å². The second-order valence-corrected chi connectivity index (χ2v) is 14.0. The molecule has 2 aliphatic carbocycles. The van der Waals surface area contributed by atoms with Crippen molar-refractivity contribution in [1.82, 2.24) is 20.0 Å². The minimum atomic E-state index is -4.05. The summed E-state index contributed by atoms with van der Waals surface area (Å²) < 4.78 is 34.3. The van der Waals surface area contributed by atoms with E-state index >= 15 is 0 Å². The summed E-state index contributed by atoms with van der Waals surface area (Å²) in [6.07, 6.45) is 2.42. The van der Waals surface area contributed by atoms with Crippen molar-refractivity contribution in [2.75, 3.05) is 12.4 Å². The zero-order chi connectivity index (χ0) is 30.8. The Balaban J connectivity index is 1.07. The summed E-state index contributed by atoms with van der Waals surface area (Å²) >= 11 is 0. The molecule has 2 unspecified atom stereocenters. The summed E-state index contributed by atoms with van der Waals surface area (Å²) in [5, 5.41) is 12.6. The fraction of sp³-hybridized carbons (Fsp3) is 0.484. The minimum absolute atomic E-state index is 0.0371. The number of aromatic amines is 1. The Bertz CT molecular complexity index is 1580. The largest absolute Gasteiger partial charge is 0.494 e. The Hall–Kier alpha value is -3.77. The van der Waals surface area contributed by atoms with Crippen LogP contribution in [-0.4, -0.2) is 59.6 Å². The molecule has 3 aromatic rings. The van der Waals surface area contributed by atoms with Gasteiger partial charge in [-0.25, -0.2) is 18.1 Å². The van der Waals surface area contributed by atoms with E-state index in [1.807, 2.05) is 38.1 Å². The number of rotatable bonds is 14. The lowest BCUT2D eigenvalue weighted by molar-refractivity contribution is -0.139. The van der Waals surface area contributed by atoms with Crippen molar-refractivity contribution >= 4 is 38.7 Å². The van der Waals surface area contributed by atoms with Gasteiger partial charge in [0, 0.05) is 18.3 Å². The van der Waals surface area contributed by atoms with Crippen LogP contribution >= 0.6 is 0 Å². The van der Waals surface area contributed by atoms with E-state index in [1.54, 1.807) is 24.3 Å². The SMILES string of the molecule is CC1(C)C2CCC1(CS(=O)(=O)N[C@@H](Cc1ccc(OCCCC(=O)NCc3nc4ccccc4[nH]3)cc1)C(=O)O)C(=O)C2. The number of nitrogens with zero attached hydrogens (tertiary/aromatic N) is 1. The van der Waals surface area contributed by atoms with Crippen molar-refractivity contribution < 1.29 is 32.6 Å². The highest BCUT2D eigenvalue weighted by atomic mass is 32.2. The van der Waals surface area contributed by atoms with Crippen molar-refractivity contribution in [2.45, 2.75) is 65.0 Å². The van der Waals surface area contributed by atoms with Crippen LogP contribution in [0.2, 0.25) is 0 Å². The first kappa shape index (κ1) is 30.7. The number of aliphatic carboxylic acids is 1. The van der Waals surface area contributed by atoms with Crippen LogP contribution in [-0.2, 0) is 37.4 Å². The number of para-hydroxylation sites is 2. The zero-order valence-electron chi connectivity index (χ0n) is 24.4. The van der Waals surface area contributed by atoms with Crippen molar-refractivity contribution in [3.8, 4) is 5.75 Å². The van der Waals surface area contributed by atoms with Gasteiger partial charge in [0.15, 0.2) is 0 Å². The summed E-state index contributed by atoms with van der Waals surface area (Å²) in [6, 6.07) is 13.0. The molecule has 1 aromatic heterocycles. The number of carboxylic acids is 1. The zero-order valence-corrected chi connectivity index (χ0v) is 25.2. The molecule has 43 heavy (non-hydrogen) atoms. The number of aromatic nitrogens is 2. The number of imidazole rings is 1. The highest BCUT2D eigenvalue weighted by molar-refractivity contribution is 7.89. The molecule has 0 aliphatic heterocycles. The van der Waals surface area contributed by atoms with E-state index in [-0.39, 0.29) is 30.4 Å². The van der Waals surface area contributed by atoms with Gasteiger partial charge < -0.3 is 20.1 Å². The summed E-state index contributed by atoms with van der Waals surface area (Å²) in [5.74, 6) is -0.436. The highest BCUT2D eigenvalue weighted by Gasteiger charge is 2.65. The first-order valence-electron chi connectivity index (χ1n) is 14.6. The third-order valence-electron chi connectivity index (χ3n) is 9.27. The van der Waals surface area contributed by atoms with Crippen LogP contribution in [0.25, 0.3) is 11.0 Å². The Morgan fingerprint density at radius 2 is 1.91 bits per heavy atom. The standard InChI is InChI=1S/C31H38N4O7S/c1-30(2)21-13-14-31(30,26(36)17-21)19-43(40,41)35-25(29(38)39)16-20-9-11-22(12-10-20)42-15-5-8-28(37)32-18-27-33-23-6-3-4-7-24(23)34-27/h3-4,6-7,9-12,21,25,35H,5,8,13-19H2,1-2H3,(H,32,37)(H,33,34)(H,38,39)/t21?,25-,31?/m0/s1. The Kier molecular flexibility index (Phi) is 8.62. The summed E-state index contributed by atoms with van der Waals surface area (Å²) in [5.41, 5.74) is 0.966. The van der Waals surface area contributed by atoms with Crippen LogP contribution in [0.4, 0.5) is 0 Å². The number of carbonyl (C=O) groups is 3. The smallest absolute Gasteiger partial charge is 0.322 e. The first-order chi connectivity index (χ1) is 20.4. The Morgan fingerprint density at radius 1 is 1.16 bits per heavy atom. The highest BCUT2D eigenvalue weighted by Crippen LogP contribution is 2.64. The maximum Gasteiger partial charge on any atom is 0.322 e. The quantitative estimate of drug-likeness (QED) is 0.202. The fourth-order valence-corrected chi connectivity index (χ4v) is 8.64. The molecule has 11 nitrogen and oxygen atoms in total. The van der Waals surface area contributed by atoms with Gasteiger partial charge in [-0.05, 0) is 66.8 Å². The van der Waals surface area contributed by atoms with Crippen LogP contribution in [0.15, 0.2) is 48.5 Å². The summed E-state index contributed by atoms with van der Waals surface area (Å²) in [4.78, 5) is 44.6. The Morgan fingerprint density at radius 3 is 2.56 bits per heavy atom. The summed E-state index contributed by atoms with van der Waals surface area (Å²) in [7, 11) is -4.05. The number of carbonyl (C=O) groups excluding carboxylic acids is 2. The van der Waals surface area contributed by atoms with Gasteiger partial charge in [0.25, 0.3) is 0 Å². The van der Waals surface area contributed by atoms with Crippen LogP contribution in [0.5, 0.6) is 5.75 Å². The first-order valence-corrected chi connectivity index (χ1v) is 16.2. The average Bonchev–Trinajstić information content (AvgIpc) is 3.53. The van der Waals surface area contributed by atoms with Crippen molar-refractivity contribution in [3.05, 3.63) is 59.9 Å². The van der Waals surface area contributed by atoms with Crippen molar-refractivity contribution in [1.29, 1.82) is 0 Å². The number of hydrogen-bond donors (Lipinski definition) is 4. The third-order valence-corrected chi connectivity index (χ3v) is 10.8. The molecule has 5 rings (SSSR count). The van der Waals surface area contributed by atoms with Crippen LogP contribution in [0.3, 0.4) is 0 Å². The number of nitrogens with one attached hydrogen (secondary N) is 3. The minimum Gasteiger partial charge on any atom is -0.494 e. The lowest BCUT2D eigenvalue weighted by atomic mass is 9.70. The lowest BCUT2D eigenvalue weighted by Gasteiger charge is -2.36. The van der Waals surface area contributed by atoms with Crippen LogP contribution in [0, 0.1) is 16.7 Å². The number of amides is 1. The predicted octanol–water partition coefficient (Wildman–Crippen LogP) is 3.35. The van der Waals surface area contributed by atoms with Gasteiger partial charge >= 0.3 is 5.97 Å². The third kappa shape index (κ3) is 6.59. The van der Waals surface area contributed by atoms with Gasteiger partial charge in [0.2, 0.25) is 15.9 Å². The number of sulfonamides is 1. The number of carboxylic acid groups (broad SMARTS) is 1. The maximum atomic E-state index is 13.1. The van der Waals surface area contributed by atoms with Gasteiger partial charge in [0.05, 0.1) is 29.9 Å². The molecule has 0 radical (unpaired) electrons. The van der Waals surface area contributed by atoms with E-state index in [0.717, 1.165) is 17.5 Å². The monoisotopic (exact) mass is 610 g/mol. The molecule has 3 atom stereocenters. The number of ether oxygens (including phenoxy) is 1. The normalized spacial score (nSPS) is 21.6. The molecule has 0 spiro atoms. The van der Waals surface area contributed by atoms with E-state index in [0.29, 0.717) is 49.6 Å². The molecule has 2 saturated carbocycles. The number of hydrogen-bond acceptors (Lipinski definition) is 7. The Labute approximate surface area is 250 Å². The number of Topliss-reactive ketones (excluding diaryl/α,β-unsaturated/α-hetero) is 1. The van der Waals surface area contributed by atoms with E-state index in [2.05, 4.69) is 20.0 Å². The number of H-pyrrole nitrogens is 1. The molecule has 4 N–H and O–H groups in total. The number of benzene rings is 2. The lowest BCUT2D eigenvalue weighted by Crippen LogP contribution is -2.49. The van der Waals surface area contributed by atoms with E-state index in [4.69, 9.17) is 4.74 Å². The number of ketones is 1. The molecule has 12 heteroatoms. The molecule has 1 amide bonds. The average molecular weight is 611 g/mol. The molecule has 2 aliphatic rings.